The number of aryl methyl sites for hydroxylation is 2. The number of sulfonamides is 1. The SMILES string of the molecule is Cc1nc(C)c(-c2csc(Nc3ccc(S(=O)(=O)Nc4ccccc4)cc3)n2)s1. The Labute approximate surface area is 177 Å². The van der Waals surface area contributed by atoms with Gasteiger partial charge in [0.15, 0.2) is 5.13 Å². The number of hydrogen-bond donors (Lipinski definition) is 2. The summed E-state index contributed by atoms with van der Waals surface area (Å²) in [7, 11) is -3.63. The number of anilines is 3. The van der Waals surface area contributed by atoms with Crippen LogP contribution in [0.5, 0.6) is 0 Å². The molecule has 0 spiro atoms. The maximum absolute atomic E-state index is 12.5. The molecular formula is C20H18N4O2S3. The fraction of sp³-hybridized carbons (Fsp3) is 0.100. The number of thiazole rings is 2. The molecule has 0 saturated heterocycles. The Morgan fingerprint density at radius 2 is 1.62 bits per heavy atom. The molecule has 0 radical (unpaired) electrons. The highest BCUT2D eigenvalue weighted by Crippen LogP contribution is 2.33. The van der Waals surface area contributed by atoms with Crippen molar-refractivity contribution < 1.29 is 8.42 Å². The molecule has 0 aliphatic carbocycles. The number of hydrogen-bond acceptors (Lipinski definition) is 7. The fourth-order valence-corrected chi connectivity index (χ4v) is 5.50. The fourth-order valence-electron chi connectivity index (χ4n) is 2.77. The zero-order valence-electron chi connectivity index (χ0n) is 15.7. The standard InChI is InChI=1S/C20H18N4O2S3/c1-13-19(28-14(2)21-13)18-12-27-20(23-18)22-15-8-10-17(11-9-15)29(25,26)24-16-6-4-3-5-7-16/h3-12,24H,1-2H3,(H,22,23). The lowest BCUT2D eigenvalue weighted by molar-refractivity contribution is 0.601. The summed E-state index contributed by atoms with van der Waals surface area (Å²) in [6.07, 6.45) is 0. The normalized spacial score (nSPS) is 11.4. The van der Waals surface area contributed by atoms with Crippen LogP contribution in [-0.2, 0) is 10.0 Å². The van der Waals surface area contributed by atoms with Crippen LogP contribution < -0.4 is 10.0 Å². The van der Waals surface area contributed by atoms with Gasteiger partial charge in [-0.25, -0.2) is 18.4 Å². The summed E-state index contributed by atoms with van der Waals surface area (Å²) in [5.41, 5.74) is 3.16. The van der Waals surface area contributed by atoms with E-state index in [-0.39, 0.29) is 4.90 Å². The number of nitrogens with one attached hydrogen (secondary N) is 2. The lowest BCUT2D eigenvalue weighted by atomic mass is 10.3. The van der Waals surface area contributed by atoms with Crippen LogP contribution >= 0.6 is 22.7 Å². The summed E-state index contributed by atoms with van der Waals surface area (Å²) in [5.74, 6) is 0. The van der Waals surface area contributed by atoms with Crippen molar-refractivity contribution in [3.8, 4) is 10.6 Å². The van der Waals surface area contributed by atoms with Gasteiger partial charge in [-0.1, -0.05) is 18.2 Å². The average molecular weight is 443 g/mol. The van der Waals surface area contributed by atoms with E-state index in [4.69, 9.17) is 0 Å². The van der Waals surface area contributed by atoms with Crippen LogP contribution in [0.25, 0.3) is 10.6 Å². The summed E-state index contributed by atoms with van der Waals surface area (Å²) < 4.78 is 27.6. The summed E-state index contributed by atoms with van der Waals surface area (Å²) in [6.45, 7) is 3.96. The first-order valence-electron chi connectivity index (χ1n) is 8.75. The van der Waals surface area contributed by atoms with Gasteiger partial charge in [-0.15, -0.1) is 22.7 Å². The van der Waals surface area contributed by atoms with Gasteiger partial charge >= 0.3 is 0 Å². The first-order chi connectivity index (χ1) is 13.9. The molecule has 9 heteroatoms. The van der Waals surface area contributed by atoms with E-state index >= 15 is 0 Å². The third kappa shape index (κ3) is 4.47. The summed E-state index contributed by atoms with van der Waals surface area (Å²) in [5, 5.41) is 6.97. The molecule has 6 nitrogen and oxygen atoms in total. The first kappa shape index (κ1) is 19.6. The van der Waals surface area contributed by atoms with Gasteiger partial charge in [0.1, 0.15) is 0 Å². The number of nitrogens with zero attached hydrogens (tertiary/aromatic N) is 2. The Morgan fingerprint density at radius 3 is 2.28 bits per heavy atom. The Morgan fingerprint density at radius 1 is 0.897 bits per heavy atom. The molecule has 2 N–H and O–H groups in total. The third-order valence-corrected chi connectivity index (χ3v) is 7.33. The number of benzene rings is 2. The molecule has 0 aliphatic heterocycles. The van der Waals surface area contributed by atoms with Gasteiger partial charge in [-0.2, -0.15) is 0 Å². The quantitative estimate of drug-likeness (QED) is 0.416. The molecule has 2 aromatic carbocycles. The molecule has 0 aliphatic rings. The molecule has 4 rings (SSSR count). The van der Waals surface area contributed by atoms with E-state index in [1.54, 1.807) is 59.9 Å². The lowest BCUT2D eigenvalue weighted by Crippen LogP contribution is -2.12. The van der Waals surface area contributed by atoms with Gasteiger partial charge in [0.25, 0.3) is 10.0 Å². The predicted octanol–water partition coefficient (Wildman–Crippen LogP) is 5.43. The van der Waals surface area contributed by atoms with Crippen molar-refractivity contribution in [2.45, 2.75) is 18.7 Å². The molecule has 2 heterocycles. The molecule has 0 saturated carbocycles. The van der Waals surface area contributed by atoms with Gasteiger partial charge in [-0.05, 0) is 50.2 Å². The Hall–Kier alpha value is -2.75. The van der Waals surface area contributed by atoms with Crippen LogP contribution in [0, 0.1) is 13.8 Å². The summed E-state index contributed by atoms with van der Waals surface area (Å²) >= 11 is 3.12. The van der Waals surface area contributed by atoms with E-state index < -0.39 is 10.0 Å². The summed E-state index contributed by atoms with van der Waals surface area (Å²) in [6, 6.07) is 15.4. The van der Waals surface area contributed by atoms with Crippen molar-refractivity contribution in [1.82, 2.24) is 9.97 Å². The molecule has 0 bridgehead atoms. The molecule has 29 heavy (non-hydrogen) atoms. The van der Waals surface area contributed by atoms with Gasteiger partial charge in [-0.3, -0.25) is 4.72 Å². The number of aromatic nitrogens is 2. The second-order valence-corrected chi connectivity index (χ2v) is 10.0. The average Bonchev–Trinajstić information content (AvgIpc) is 3.28. The smallest absolute Gasteiger partial charge is 0.261 e. The van der Waals surface area contributed by atoms with Crippen molar-refractivity contribution in [1.29, 1.82) is 0 Å². The topological polar surface area (TPSA) is 84.0 Å². The first-order valence-corrected chi connectivity index (χ1v) is 11.9. The molecule has 0 fully saturated rings. The number of rotatable bonds is 6. The molecule has 4 aromatic rings. The van der Waals surface area contributed by atoms with Crippen LogP contribution in [0.1, 0.15) is 10.7 Å². The van der Waals surface area contributed by atoms with E-state index in [1.165, 1.54) is 11.3 Å². The minimum atomic E-state index is -3.63. The van der Waals surface area contributed by atoms with Crippen LogP contribution in [0.3, 0.4) is 0 Å². The molecule has 2 aromatic heterocycles. The predicted molar refractivity (Wildman–Crippen MR) is 120 cm³/mol. The Balaban J connectivity index is 1.48. The van der Waals surface area contributed by atoms with E-state index in [1.807, 2.05) is 25.3 Å². The second-order valence-electron chi connectivity index (χ2n) is 6.31. The highest BCUT2D eigenvalue weighted by atomic mass is 32.2. The van der Waals surface area contributed by atoms with E-state index in [2.05, 4.69) is 20.0 Å². The zero-order chi connectivity index (χ0) is 20.4. The maximum atomic E-state index is 12.5. The van der Waals surface area contributed by atoms with Crippen molar-refractivity contribution in [2.75, 3.05) is 10.0 Å². The van der Waals surface area contributed by atoms with Crippen LogP contribution in [0.2, 0.25) is 0 Å². The molecule has 0 amide bonds. The molecule has 0 unspecified atom stereocenters. The largest absolute Gasteiger partial charge is 0.332 e. The monoisotopic (exact) mass is 442 g/mol. The van der Waals surface area contributed by atoms with Crippen LogP contribution in [-0.4, -0.2) is 18.4 Å². The van der Waals surface area contributed by atoms with Gasteiger partial charge in [0.05, 0.1) is 26.2 Å². The molecular weight excluding hydrogens is 424 g/mol. The van der Waals surface area contributed by atoms with Crippen molar-refractivity contribution in [3.63, 3.8) is 0 Å². The van der Waals surface area contributed by atoms with Gasteiger partial charge in [0, 0.05) is 16.8 Å². The van der Waals surface area contributed by atoms with E-state index in [9.17, 15) is 8.42 Å². The minimum Gasteiger partial charge on any atom is -0.332 e. The van der Waals surface area contributed by atoms with Crippen molar-refractivity contribution in [3.05, 3.63) is 70.7 Å². The minimum absolute atomic E-state index is 0.197. The third-order valence-electron chi connectivity index (χ3n) is 4.08. The van der Waals surface area contributed by atoms with E-state index in [0.717, 1.165) is 32.1 Å². The molecule has 0 atom stereocenters. The van der Waals surface area contributed by atoms with Crippen molar-refractivity contribution >= 4 is 49.2 Å². The Bertz CT molecular complexity index is 1230. The Kier molecular flexibility index (Phi) is 5.35. The number of para-hydroxylation sites is 1. The highest BCUT2D eigenvalue weighted by molar-refractivity contribution is 7.92. The van der Waals surface area contributed by atoms with Crippen LogP contribution in [0.15, 0.2) is 64.9 Å². The van der Waals surface area contributed by atoms with Gasteiger partial charge < -0.3 is 5.32 Å². The molecule has 148 valence electrons. The zero-order valence-corrected chi connectivity index (χ0v) is 18.2. The maximum Gasteiger partial charge on any atom is 0.261 e. The van der Waals surface area contributed by atoms with Gasteiger partial charge in [0.2, 0.25) is 0 Å². The highest BCUT2D eigenvalue weighted by Gasteiger charge is 2.15. The van der Waals surface area contributed by atoms with Crippen molar-refractivity contribution in [2.24, 2.45) is 0 Å². The summed E-state index contributed by atoms with van der Waals surface area (Å²) in [4.78, 5) is 10.3. The van der Waals surface area contributed by atoms with Crippen LogP contribution in [0.4, 0.5) is 16.5 Å². The lowest BCUT2D eigenvalue weighted by Gasteiger charge is -2.09. The second kappa shape index (κ2) is 7.94. The van der Waals surface area contributed by atoms with E-state index in [0.29, 0.717) is 5.69 Å².